The molecule has 1 saturated heterocycles. The Kier molecular flexibility index (Phi) is 4.09. The van der Waals surface area contributed by atoms with Crippen molar-refractivity contribution in [2.75, 3.05) is 6.61 Å². The normalized spacial score (nSPS) is 18.4. The van der Waals surface area contributed by atoms with Crippen LogP contribution in [0.3, 0.4) is 0 Å². The van der Waals surface area contributed by atoms with Gasteiger partial charge in [0.05, 0.1) is 13.0 Å². The number of carbonyl (C=O) groups is 3. The second-order valence-electron chi connectivity index (χ2n) is 4.10. The highest BCUT2D eigenvalue weighted by Crippen LogP contribution is 2.09. The van der Waals surface area contributed by atoms with Crippen LogP contribution >= 0.6 is 11.3 Å². The number of ether oxygens (including phenoxy) is 1. The lowest BCUT2D eigenvalue weighted by Crippen LogP contribution is -2.38. The number of amides is 1. The van der Waals surface area contributed by atoms with E-state index in [4.69, 9.17) is 4.74 Å². The second kappa shape index (κ2) is 5.77. The van der Waals surface area contributed by atoms with Gasteiger partial charge < -0.3 is 10.1 Å². The molecule has 5 nitrogen and oxygen atoms in total. The predicted octanol–water partition coefficient (Wildman–Crippen LogP) is 0.681. The molecule has 1 aliphatic heterocycles. The highest BCUT2D eigenvalue weighted by molar-refractivity contribution is 7.08. The molecule has 2 rings (SSSR count). The molecule has 0 aromatic carbocycles. The minimum absolute atomic E-state index is 0.155. The third kappa shape index (κ3) is 3.40. The molecule has 0 unspecified atom stereocenters. The van der Waals surface area contributed by atoms with Gasteiger partial charge in [0.1, 0.15) is 11.8 Å². The molecule has 0 saturated carbocycles. The van der Waals surface area contributed by atoms with Gasteiger partial charge in [-0.05, 0) is 22.4 Å². The number of thiophene rings is 1. The Morgan fingerprint density at radius 3 is 2.94 bits per heavy atom. The van der Waals surface area contributed by atoms with Crippen molar-refractivity contribution in [3.63, 3.8) is 0 Å². The van der Waals surface area contributed by atoms with Crippen LogP contribution in [0.15, 0.2) is 16.8 Å². The molecule has 18 heavy (non-hydrogen) atoms. The molecular formula is C12H13NO4S. The van der Waals surface area contributed by atoms with Crippen LogP contribution in [0.1, 0.15) is 18.4 Å². The summed E-state index contributed by atoms with van der Waals surface area (Å²) in [4.78, 5) is 34.3. The fourth-order valence-electron chi connectivity index (χ4n) is 1.73. The minimum atomic E-state index is -0.591. The van der Waals surface area contributed by atoms with Gasteiger partial charge in [-0.3, -0.25) is 9.59 Å². The number of hydrogen-bond donors (Lipinski definition) is 1. The zero-order valence-electron chi connectivity index (χ0n) is 9.68. The molecule has 1 aliphatic rings. The Labute approximate surface area is 108 Å². The summed E-state index contributed by atoms with van der Waals surface area (Å²) in [6.45, 7) is 0.326. The maximum Gasteiger partial charge on any atom is 0.328 e. The first-order valence-corrected chi connectivity index (χ1v) is 6.58. The van der Waals surface area contributed by atoms with Crippen LogP contribution in [0.2, 0.25) is 0 Å². The largest absolute Gasteiger partial charge is 0.464 e. The standard InChI is InChI=1S/C12H13NO4S/c14-9(5-8-2-4-18-7-8)6-11(15)13-10-1-3-17-12(10)16/h2,4,7,10H,1,3,5-6H2,(H,13,15)/t10-/m0/s1. The van der Waals surface area contributed by atoms with Crippen molar-refractivity contribution in [2.45, 2.75) is 25.3 Å². The van der Waals surface area contributed by atoms with Crippen LogP contribution in [0.4, 0.5) is 0 Å². The van der Waals surface area contributed by atoms with Crippen molar-refractivity contribution in [1.29, 1.82) is 0 Å². The fourth-order valence-corrected chi connectivity index (χ4v) is 2.40. The van der Waals surface area contributed by atoms with Crippen LogP contribution in [0.5, 0.6) is 0 Å². The number of nitrogens with one attached hydrogen (secondary N) is 1. The number of hydrogen-bond acceptors (Lipinski definition) is 5. The van der Waals surface area contributed by atoms with Gasteiger partial charge in [0.25, 0.3) is 0 Å². The summed E-state index contributed by atoms with van der Waals surface area (Å²) in [7, 11) is 0. The number of cyclic esters (lactones) is 1. The lowest BCUT2D eigenvalue weighted by atomic mass is 10.1. The van der Waals surface area contributed by atoms with E-state index in [0.717, 1.165) is 5.56 Å². The molecule has 1 fully saturated rings. The molecule has 0 aliphatic carbocycles. The average molecular weight is 267 g/mol. The molecule has 1 N–H and O–H groups in total. The first kappa shape index (κ1) is 12.8. The number of carbonyl (C=O) groups excluding carboxylic acids is 3. The van der Waals surface area contributed by atoms with Crippen LogP contribution < -0.4 is 5.32 Å². The molecular weight excluding hydrogens is 254 g/mol. The average Bonchev–Trinajstić information content (AvgIpc) is 2.91. The third-order valence-corrected chi connectivity index (χ3v) is 3.34. The van der Waals surface area contributed by atoms with Crippen molar-refractivity contribution >= 4 is 29.0 Å². The predicted molar refractivity (Wildman–Crippen MR) is 65.2 cm³/mol. The smallest absolute Gasteiger partial charge is 0.328 e. The molecule has 0 spiro atoms. The van der Waals surface area contributed by atoms with Crippen LogP contribution in [0.25, 0.3) is 0 Å². The first-order chi connectivity index (χ1) is 8.65. The molecule has 6 heteroatoms. The molecule has 1 aromatic rings. The summed E-state index contributed by atoms with van der Waals surface area (Å²) in [5.74, 6) is -0.995. The lowest BCUT2D eigenvalue weighted by Gasteiger charge is -2.07. The quantitative estimate of drug-likeness (QED) is 0.629. The zero-order valence-corrected chi connectivity index (χ0v) is 10.5. The number of esters is 1. The molecule has 2 heterocycles. The van der Waals surface area contributed by atoms with Gasteiger partial charge in [-0.15, -0.1) is 0 Å². The Hall–Kier alpha value is -1.69. The maximum absolute atomic E-state index is 11.6. The van der Waals surface area contributed by atoms with E-state index in [-0.39, 0.29) is 18.6 Å². The highest BCUT2D eigenvalue weighted by Gasteiger charge is 2.28. The monoisotopic (exact) mass is 267 g/mol. The van der Waals surface area contributed by atoms with Crippen molar-refractivity contribution in [3.05, 3.63) is 22.4 Å². The summed E-state index contributed by atoms with van der Waals surface area (Å²) >= 11 is 1.51. The van der Waals surface area contributed by atoms with E-state index in [9.17, 15) is 14.4 Å². The SMILES string of the molecule is O=C(CC(=O)N[C@H]1CCOC1=O)Cc1ccsc1. The van der Waals surface area contributed by atoms with Crippen LogP contribution in [-0.2, 0) is 25.5 Å². The molecule has 0 bridgehead atoms. The fraction of sp³-hybridized carbons (Fsp3) is 0.417. The van der Waals surface area contributed by atoms with Gasteiger partial charge in [-0.1, -0.05) is 0 Å². The van der Waals surface area contributed by atoms with E-state index in [1.807, 2.05) is 16.8 Å². The second-order valence-corrected chi connectivity index (χ2v) is 4.88. The van der Waals surface area contributed by atoms with Crippen molar-refractivity contribution in [3.8, 4) is 0 Å². The van der Waals surface area contributed by atoms with E-state index in [1.165, 1.54) is 11.3 Å². The van der Waals surface area contributed by atoms with Crippen molar-refractivity contribution < 1.29 is 19.1 Å². The Balaban J connectivity index is 1.77. The van der Waals surface area contributed by atoms with E-state index >= 15 is 0 Å². The third-order valence-electron chi connectivity index (χ3n) is 2.61. The van der Waals surface area contributed by atoms with E-state index in [0.29, 0.717) is 13.0 Å². The van der Waals surface area contributed by atoms with Crippen molar-refractivity contribution in [1.82, 2.24) is 5.32 Å². The molecule has 96 valence electrons. The summed E-state index contributed by atoms with van der Waals surface area (Å²) < 4.78 is 4.72. The topological polar surface area (TPSA) is 72.5 Å². The Bertz CT molecular complexity index is 455. The number of Topliss-reactive ketones (excluding diaryl/α,β-unsaturated/α-hetero) is 1. The maximum atomic E-state index is 11.6. The Morgan fingerprint density at radius 1 is 1.50 bits per heavy atom. The summed E-state index contributed by atoms with van der Waals surface area (Å²) in [5.41, 5.74) is 0.915. The molecule has 1 amide bonds. The molecule has 1 atom stereocenters. The minimum Gasteiger partial charge on any atom is -0.464 e. The number of rotatable bonds is 5. The molecule has 0 radical (unpaired) electrons. The van der Waals surface area contributed by atoms with E-state index in [1.54, 1.807) is 0 Å². The van der Waals surface area contributed by atoms with Gasteiger partial charge in [0.2, 0.25) is 5.91 Å². The van der Waals surface area contributed by atoms with Gasteiger partial charge >= 0.3 is 5.97 Å². The summed E-state index contributed by atoms with van der Waals surface area (Å²) in [6.07, 6.45) is 0.537. The van der Waals surface area contributed by atoms with Crippen molar-refractivity contribution in [2.24, 2.45) is 0 Å². The number of ketones is 1. The van der Waals surface area contributed by atoms with Gasteiger partial charge in [-0.25, -0.2) is 4.79 Å². The zero-order chi connectivity index (χ0) is 13.0. The Morgan fingerprint density at radius 2 is 2.33 bits per heavy atom. The summed E-state index contributed by atoms with van der Waals surface area (Å²) in [6, 6.07) is 1.26. The summed E-state index contributed by atoms with van der Waals surface area (Å²) in [5, 5.41) is 6.27. The lowest BCUT2D eigenvalue weighted by molar-refractivity contribution is -0.141. The van der Waals surface area contributed by atoms with Crippen LogP contribution in [-0.4, -0.2) is 30.3 Å². The van der Waals surface area contributed by atoms with Gasteiger partial charge in [0.15, 0.2) is 0 Å². The highest BCUT2D eigenvalue weighted by atomic mass is 32.1. The van der Waals surface area contributed by atoms with Gasteiger partial charge in [-0.2, -0.15) is 11.3 Å². The van der Waals surface area contributed by atoms with E-state index in [2.05, 4.69) is 5.32 Å². The first-order valence-electron chi connectivity index (χ1n) is 5.64. The van der Waals surface area contributed by atoms with Gasteiger partial charge in [0, 0.05) is 12.8 Å². The van der Waals surface area contributed by atoms with E-state index < -0.39 is 17.9 Å². The van der Waals surface area contributed by atoms with Crippen LogP contribution in [0, 0.1) is 0 Å². The molecule has 1 aromatic heterocycles.